The Labute approximate surface area is 95.0 Å². The summed E-state index contributed by atoms with van der Waals surface area (Å²) in [6.07, 6.45) is 0.577. The van der Waals surface area contributed by atoms with E-state index >= 15 is 0 Å². The number of nitrogens with zero attached hydrogens (tertiary/aromatic N) is 1. The van der Waals surface area contributed by atoms with Crippen molar-refractivity contribution in [2.24, 2.45) is 5.73 Å². The Morgan fingerprint density at radius 2 is 2.19 bits per heavy atom. The first-order chi connectivity index (χ1) is 7.59. The lowest BCUT2D eigenvalue weighted by atomic mass is 9.83. The number of nitrogens with two attached hydrogens (primary N) is 1. The van der Waals surface area contributed by atoms with E-state index in [9.17, 15) is 4.79 Å². The van der Waals surface area contributed by atoms with E-state index in [-0.39, 0.29) is 5.97 Å². The molecule has 2 N–H and O–H groups in total. The van der Waals surface area contributed by atoms with Gasteiger partial charge in [0.05, 0.1) is 7.11 Å². The number of hydrogen-bond acceptors (Lipinski definition) is 4. The molecule has 0 amide bonds. The van der Waals surface area contributed by atoms with Gasteiger partial charge in [-0.1, -0.05) is 18.2 Å². The summed E-state index contributed by atoms with van der Waals surface area (Å²) in [6, 6.07) is 7.70. The minimum atomic E-state index is -1.00. The van der Waals surface area contributed by atoms with Crippen molar-refractivity contribution in [1.29, 1.82) is 0 Å². The molecule has 1 aromatic carbocycles. The summed E-state index contributed by atoms with van der Waals surface area (Å²) >= 11 is 0. The van der Waals surface area contributed by atoms with E-state index in [0.717, 1.165) is 17.8 Å². The second-order valence-electron chi connectivity index (χ2n) is 4.15. The number of esters is 1. The lowest BCUT2D eigenvalue weighted by Crippen LogP contribution is -2.51. The van der Waals surface area contributed by atoms with Crippen molar-refractivity contribution in [3.8, 4) is 0 Å². The molecule has 2 rings (SSSR count). The summed E-state index contributed by atoms with van der Waals surface area (Å²) < 4.78 is 4.80. The van der Waals surface area contributed by atoms with Gasteiger partial charge in [0.2, 0.25) is 0 Å². The van der Waals surface area contributed by atoms with Gasteiger partial charge in [0.25, 0.3) is 0 Å². The highest BCUT2D eigenvalue weighted by Gasteiger charge is 2.42. The van der Waals surface area contributed by atoms with Crippen LogP contribution >= 0.6 is 0 Å². The lowest BCUT2D eigenvalue weighted by molar-refractivity contribution is -0.147. The average Bonchev–Trinajstić information content (AvgIpc) is 2.33. The molecule has 4 nitrogen and oxygen atoms in total. The Hall–Kier alpha value is -1.55. The van der Waals surface area contributed by atoms with Crippen LogP contribution in [0.25, 0.3) is 0 Å². The first-order valence-electron chi connectivity index (χ1n) is 5.27. The summed E-state index contributed by atoms with van der Waals surface area (Å²) in [4.78, 5) is 13.9. The minimum absolute atomic E-state index is 0.368. The van der Waals surface area contributed by atoms with Gasteiger partial charge >= 0.3 is 5.97 Å². The number of carbonyl (C=O) groups is 1. The van der Waals surface area contributed by atoms with Crippen molar-refractivity contribution >= 4 is 11.7 Å². The summed E-state index contributed by atoms with van der Waals surface area (Å²) in [6.45, 7) is 0.753. The summed E-state index contributed by atoms with van der Waals surface area (Å²) in [5.74, 6) is -0.368. The molecule has 0 saturated carbocycles. The molecular formula is C12H16N2O2. The number of anilines is 1. The van der Waals surface area contributed by atoms with E-state index in [4.69, 9.17) is 10.5 Å². The second-order valence-corrected chi connectivity index (χ2v) is 4.15. The van der Waals surface area contributed by atoms with Crippen molar-refractivity contribution in [3.05, 3.63) is 29.8 Å². The van der Waals surface area contributed by atoms with Gasteiger partial charge in [-0.25, -0.2) is 4.79 Å². The van der Waals surface area contributed by atoms with Crippen molar-refractivity contribution in [1.82, 2.24) is 0 Å². The van der Waals surface area contributed by atoms with Crippen LogP contribution in [-0.4, -0.2) is 26.7 Å². The molecule has 4 heteroatoms. The maximum absolute atomic E-state index is 11.8. The van der Waals surface area contributed by atoms with Gasteiger partial charge in [-0.15, -0.1) is 0 Å². The van der Waals surface area contributed by atoms with Crippen LogP contribution < -0.4 is 10.6 Å². The summed E-state index contributed by atoms with van der Waals surface area (Å²) in [5, 5.41) is 0. The van der Waals surface area contributed by atoms with E-state index in [1.807, 2.05) is 31.3 Å². The zero-order valence-corrected chi connectivity index (χ0v) is 9.56. The molecule has 0 aliphatic carbocycles. The predicted octanol–water partition coefficient (Wildman–Crippen LogP) is 0.853. The maximum Gasteiger partial charge on any atom is 0.330 e. The van der Waals surface area contributed by atoms with Gasteiger partial charge in [-0.05, 0) is 12.5 Å². The van der Waals surface area contributed by atoms with Crippen LogP contribution in [0.4, 0.5) is 5.69 Å². The minimum Gasteiger partial charge on any atom is -0.467 e. The highest BCUT2D eigenvalue weighted by molar-refractivity contribution is 5.85. The van der Waals surface area contributed by atoms with E-state index in [1.165, 1.54) is 7.11 Å². The number of rotatable bonds is 1. The van der Waals surface area contributed by atoms with Crippen LogP contribution in [0.5, 0.6) is 0 Å². The molecule has 86 valence electrons. The van der Waals surface area contributed by atoms with Gasteiger partial charge in [0, 0.05) is 24.8 Å². The second kappa shape index (κ2) is 3.79. The monoisotopic (exact) mass is 220 g/mol. The average molecular weight is 220 g/mol. The topological polar surface area (TPSA) is 55.6 Å². The van der Waals surface area contributed by atoms with E-state index in [2.05, 4.69) is 4.90 Å². The van der Waals surface area contributed by atoms with Crippen LogP contribution in [-0.2, 0) is 15.1 Å². The Morgan fingerprint density at radius 1 is 1.50 bits per heavy atom. The van der Waals surface area contributed by atoms with Crippen molar-refractivity contribution < 1.29 is 9.53 Å². The largest absolute Gasteiger partial charge is 0.467 e. The van der Waals surface area contributed by atoms with Crippen LogP contribution in [0.2, 0.25) is 0 Å². The molecule has 0 spiro atoms. The Morgan fingerprint density at radius 3 is 2.88 bits per heavy atom. The van der Waals surface area contributed by atoms with Gasteiger partial charge in [0.1, 0.15) is 5.54 Å². The summed E-state index contributed by atoms with van der Waals surface area (Å²) in [5.41, 5.74) is 7.03. The number of ether oxygens (including phenoxy) is 1. The molecule has 0 bridgehead atoms. The molecule has 1 aromatic rings. The molecular weight excluding hydrogens is 204 g/mol. The molecule has 0 saturated heterocycles. The van der Waals surface area contributed by atoms with Gasteiger partial charge in [-0.2, -0.15) is 0 Å². The highest BCUT2D eigenvalue weighted by atomic mass is 16.5. The zero-order chi connectivity index (χ0) is 11.8. The Balaban J connectivity index is 2.53. The van der Waals surface area contributed by atoms with Gasteiger partial charge in [0.15, 0.2) is 0 Å². The molecule has 1 heterocycles. The molecule has 0 radical (unpaired) electrons. The fraction of sp³-hybridized carbons (Fsp3) is 0.417. The Kier molecular flexibility index (Phi) is 2.59. The van der Waals surface area contributed by atoms with Crippen LogP contribution in [0, 0.1) is 0 Å². The SMILES string of the molecule is COC(=O)C1(N)CCN(C)c2ccccc21. The van der Waals surface area contributed by atoms with E-state index in [0.29, 0.717) is 6.42 Å². The smallest absolute Gasteiger partial charge is 0.330 e. The highest BCUT2D eigenvalue weighted by Crippen LogP contribution is 2.36. The third-order valence-electron chi connectivity index (χ3n) is 3.19. The maximum atomic E-state index is 11.8. The predicted molar refractivity (Wildman–Crippen MR) is 62.2 cm³/mol. The molecule has 1 unspecified atom stereocenters. The van der Waals surface area contributed by atoms with Crippen LogP contribution in [0.1, 0.15) is 12.0 Å². The number of benzene rings is 1. The van der Waals surface area contributed by atoms with Crippen LogP contribution in [0.15, 0.2) is 24.3 Å². The van der Waals surface area contributed by atoms with Gasteiger partial charge in [-0.3, -0.25) is 0 Å². The number of para-hydroxylation sites is 1. The molecule has 1 aliphatic heterocycles. The normalized spacial score (nSPS) is 23.8. The standard InChI is InChI=1S/C12H16N2O2/c1-14-8-7-12(13,11(15)16-2)9-5-3-4-6-10(9)14/h3-6H,7-8,13H2,1-2H3. The summed E-state index contributed by atoms with van der Waals surface area (Å²) in [7, 11) is 3.37. The third kappa shape index (κ3) is 1.46. The molecule has 0 aromatic heterocycles. The third-order valence-corrected chi connectivity index (χ3v) is 3.19. The number of fused-ring (bicyclic) bond motifs is 1. The molecule has 1 aliphatic rings. The number of methoxy groups -OCH3 is 1. The van der Waals surface area contributed by atoms with Gasteiger partial charge < -0.3 is 15.4 Å². The molecule has 0 fully saturated rings. The molecule has 1 atom stereocenters. The van der Waals surface area contributed by atoms with Crippen LogP contribution in [0.3, 0.4) is 0 Å². The fourth-order valence-electron chi connectivity index (χ4n) is 2.18. The van der Waals surface area contributed by atoms with Crippen molar-refractivity contribution in [3.63, 3.8) is 0 Å². The number of carbonyl (C=O) groups excluding carboxylic acids is 1. The fourth-order valence-corrected chi connectivity index (χ4v) is 2.18. The van der Waals surface area contributed by atoms with E-state index in [1.54, 1.807) is 0 Å². The quantitative estimate of drug-likeness (QED) is 0.713. The zero-order valence-electron chi connectivity index (χ0n) is 9.56. The van der Waals surface area contributed by atoms with Crippen molar-refractivity contribution in [2.45, 2.75) is 12.0 Å². The lowest BCUT2D eigenvalue weighted by Gasteiger charge is -2.38. The first-order valence-corrected chi connectivity index (χ1v) is 5.27. The van der Waals surface area contributed by atoms with Crippen molar-refractivity contribution in [2.75, 3.05) is 25.6 Å². The van der Waals surface area contributed by atoms with E-state index < -0.39 is 5.54 Å². The molecule has 16 heavy (non-hydrogen) atoms. The number of hydrogen-bond donors (Lipinski definition) is 1. The first kappa shape index (κ1) is 11.0. The Bertz CT molecular complexity index is 419.